The highest BCUT2D eigenvalue weighted by atomic mass is 79.9. The number of halogens is 1. The number of nitrogens with one attached hydrogen (secondary N) is 4. The van der Waals surface area contributed by atoms with Crippen LogP contribution in [0.1, 0.15) is 48.4 Å². The van der Waals surface area contributed by atoms with Gasteiger partial charge in [0.2, 0.25) is 5.91 Å². The van der Waals surface area contributed by atoms with Crippen LogP contribution in [0.3, 0.4) is 0 Å². The molecule has 32 heavy (non-hydrogen) atoms. The minimum Gasteiger partial charge on any atom is -0.490 e. The summed E-state index contributed by atoms with van der Waals surface area (Å²) in [4.78, 5) is 36.4. The normalized spacial score (nSPS) is 10.5. The molecule has 0 heterocycles. The van der Waals surface area contributed by atoms with Crippen molar-refractivity contribution in [2.45, 2.75) is 33.8 Å². The van der Waals surface area contributed by atoms with Gasteiger partial charge in [-0.15, -0.1) is 0 Å². The Kier molecular flexibility index (Phi) is 9.15. The molecule has 0 aliphatic carbocycles. The van der Waals surface area contributed by atoms with Crippen molar-refractivity contribution >= 4 is 56.7 Å². The van der Waals surface area contributed by atoms with Crippen LogP contribution in [-0.4, -0.2) is 28.9 Å². The fourth-order valence-corrected chi connectivity index (χ4v) is 2.99. The number of thiocarbonyl (C=S) groups is 1. The van der Waals surface area contributed by atoms with Crippen LogP contribution in [-0.2, 0) is 4.79 Å². The van der Waals surface area contributed by atoms with Crippen LogP contribution in [0.25, 0.3) is 0 Å². The summed E-state index contributed by atoms with van der Waals surface area (Å²) in [6.45, 7) is 7.40. The van der Waals surface area contributed by atoms with Crippen molar-refractivity contribution in [1.29, 1.82) is 0 Å². The molecule has 2 aromatic rings. The first-order valence-electron chi connectivity index (χ1n) is 9.85. The van der Waals surface area contributed by atoms with Gasteiger partial charge in [-0.1, -0.05) is 13.8 Å². The van der Waals surface area contributed by atoms with E-state index in [2.05, 4.69) is 37.4 Å². The summed E-state index contributed by atoms with van der Waals surface area (Å²) in [5.41, 5.74) is 6.20. The first kappa shape index (κ1) is 25.3. The predicted octanol–water partition coefficient (Wildman–Crippen LogP) is 3.78. The van der Waals surface area contributed by atoms with E-state index in [4.69, 9.17) is 17.0 Å². The fourth-order valence-electron chi connectivity index (χ4n) is 2.38. The number of rotatable bonds is 6. The van der Waals surface area contributed by atoms with E-state index in [0.29, 0.717) is 27.0 Å². The van der Waals surface area contributed by atoms with Gasteiger partial charge in [0.05, 0.1) is 10.6 Å². The van der Waals surface area contributed by atoms with Crippen LogP contribution in [0, 0.1) is 5.92 Å². The molecule has 0 aromatic heterocycles. The zero-order valence-electron chi connectivity index (χ0n) is 18.1. The lowest BCUT2D eigenvalue weighted by molar-refractivity contribution is -0.118. The Hall–Kier alpha value is -2.98. The number of ether oxygens (including phenoxy) is 1. The van der Waals surface area contributed by atoms with Gasteiger partial charge >= 0.3 is 0 Å². The van der Waals surface area contributed by atoms with Gasteiger partial charge in [-0.2, -0.15) is 0 Å². The number of amides is 3. The van der Waals surface area contributed by atoms with Crippen LogP contribution in [0.2, 0.25) is 0 Å². The maximum Gasteiger partial charge on any atom is 0.269 e. The summed E-state index contributed by atoms with van der Waals surface area (Å²) in [5, 5.41) is 5.17. The maximum atomic E-state index is 12.4. The van der Waals surface area contributed by atoms with Crippen LogP contribution in [0.4, 0.5) is 5.69 Å². The van der Waals surface area contributed by atoms with Crippen molar-refractivity contribution in [3.63, 3.8) is 0 Å². The van der Waals surface area contributed by atoms with Crippen molar-refractivity contribution in [2.75, 3.05) is 5.32 Å². The summed E-state index contributed by atoms with van der Waals surface area (Å²) >= 11 is 8.44. The number of benzene rings is 2. The SMILES string of the molecule is CC(C)Oc1ccc(C(=O)NC(=S)NNC(=O)c2ccc(NC(=O)C(C)C)cc2)cc1Br. The molecule has 2 rings (SSSR count). The second-order valence-electron chi connectivity index (χ2n) is 7.40. The minimum atomic E-state index is -0.457. The largest absolute Gasteiger partial charge is 0.490 e. The second-order valence-corrected chi connectivity index (χ2v) is 8.66. The molecule has 2 aromatic carbocycles. The molecule has 170 valence electrons. The van der Waals surface area contributed by atoms with Crippen LogP contribution in [0.15, 0.2) is 46.9 Å². The summed E-state index contributed by atoms with van der Waals surface area (Å²) in [6, 6.07) is 11.3. The molecular weight excluding hydrogens is 496 g/mol. The van der Waals surface area contributed by atoms with E-state index in [1.54, 1.807) is 56.3 Å². The lowest BCUT2D eigenvalue weighted by Gasteiger charge is -2.13. The Morgan fingerprint density at radius 2 is 1.53 bits per heavy atom. The monoisotopic (exact) mass is 520 g/mol. The second kappa shape index (κ2) is 11.6. The first-order valence-corrected chi connectivity index (χ1v) is 11.1. The molecule has 8 nitrogen and oxygen atoms in total. The van der Waals surface area contributed by atoms with Crippen LogP contribution in [0.5, 0.6) is 5.75 Å². The molecule has 0 aliphatic rings. The average molecular weight is 521 g/mol. The molecule has 0 saturated heterocycles. The van der Waals surface area contributed by atoms with E-state index in [1.165, 1.54) is 0 Å². The Labute approximate surface area is 200 Å². The van der Waals surface area contributed by atoms with Gasteiger partial charge in [-0.05, 0) is 84.5 Å². The topological polar surface area (TPSA) is 109 Å². The molecule has 3 amide bonds. The molecule has 0 radical (unpaired) electrons. The van der Waals surface area contributed by atoms with Gasteiger partial charge < -0.3 is 10.1 Å². The van der Waals surface area contributed by atoms with Gasteiger partial charge in [0.25, 0.3) is 11.8 Å². The van der Waals surface area contributed by atoms with Gasteiger partial charge in [0.1, 0.15) is 5.75 Å². The van der Waals surface area contributed by atoms with Crippen LogP contribution < -0.4 is 26.2 Å². The van der Waals surface area contributed by atoms with Crippen molar-refractivity contribution in [1.82, 2.24) is 16.2 Å². The Balaban J connectivity index is 1.87. The quantitative estimate of drug-likeness (QED) is 0.341. The highest BCUT2D eigenvalue weighted by Gasteiger charge is 2.13. The number of carbonyl (C=O) groups excluding carboxylic acids is 3. The van der Waals surface area contributed by atoms with E-state index in [1.807, 2.05) is 13.8 Å². The van der Waals surface area contributed by atoms with E-state index in [-0.39, 0.29) is 23.0 Å². The molecule has 0 unspecified atom stereocenters. The van der Waals surface area contributed by atoms with Crippen molar-refractivity contribution in [3.8, 4) is 5.75 Å². The zero-order chi connectivity index (χ0) is 23.8. The first-order chi connectivity index (χ1) is 15.1. The van der Waals surface area contributed by atoms with Gasteiger partial charge in [-0.25, -0.2) is 0 Å². The highest BCUT2D eigenvalue weighted by Crippen LogP contribution is 2.26. The molecule has 0 atom stereocenters. The fraction of sp³-hybridized carbons (Fsp3) is 0.273. The van der Waals surface area contributed by atoms with Crippen molar-refractivity contribution in [2.24, 2.45) is 5.92 Å². The number of hydrogen-bond donors (Lipinski definition) is 4. The summed E-state index contributed by atoms with van der Waals surface area (Å²) < 4.78 is 6.26. The lowest BCUT2D eigenvalue weighted by Crippen LogP contribution is -2.48. The summed E-state index contributed by atoms with van der Waals surface area (Å²) in [5.74, 6) is -0.538. The molecule has 4 N–H and O–H groups in total. The summed E-state index contributed by atoms with van der Waals surface area (Å²) in [7, 11) is 0. The number of hydrogen-bond acceptors (Lipinski definition) is 5. The number of carbonyl (C=O) groups is 3. The maximum absolute atomic E-state index is 12.4. The van der Waals surface area contributed by atoms with Crippen molar-refractivity contribution in [3.05, 3.63) is 58.1 Å². The van der Waals surface area contributed by atoms with E-state index in [0.717, 1.165) is 0 Å². The number of anilines is 1. The molecule has 0 fully saturated rings. The standard InChI is InChI=1S/C22H25BrN4O4S/c1-12(2)19(28)24-16-8-5-14(6-9-16)21(30)26-27-22(32)25-20(29)15-7-10-18(17(23)11-15)31-13(3)4/h5-13H,1-4H3,(H,24,28)(H,26,30)(H2,25,27,29,32). The Bertz CT molecular complexity index is 1010. The predicted molar refractivity (Wildman–Crippen MR) is 130 cm³/mol. The zero-order valence-corrected chi connectivity index (χ0v) is 20.5. The molecule has 0 aliphatic heterocycles. The van der Waals surface area contributed by atoms with Crippen molar-refractivity contribution < 1.29 is 19.1 Å². The minimum absolute atomic E-state index is 0.00126. The van der Waals surface area contributed by atoms with E-state index >= 15 is 0 Å². The molecular formula is C22H25BrN4O4S. The lowest BCUT2D eigenvalue weighted by atomic mass is 10.1. The number of hydrazine groups is 1. The molecule has 10 heteroatoms. The molecule has 0 bridgehead atoms. The average Bonchev–Trinajstić information content (AvgIpc) is 2.73. The Morgan fingerprint density at radius 1 is 0.906 bits per heavy atom. The third-order valence-corrected chi connectivity index (χ3v) is 4.84. The summed E-state index contributed by atoms with van der Waals surface area (Å²) in [6.07, 6.45) is 0.00126. The third kappa shape index (κ3) is 7.61. The third-order valence-electron chi connectivity index (χ3n) is 4.01. The smallest absolute Gasteiger partial charge is 0.269 e. The van der Waals surface area contributed by atoms with E-state index < -0.39 is 11.8 Å². The highest BCUT2D eigenvalue weighted by molar-refractivity contribution is 9.10. The van der Waals surface area contributed by atoms with Gasteiger partial charge in [0, 0.05) is 22.7 Å². The van der Waals surface area contributed by atoms with Gasteiger partial charge in [0.15, 0.2) is 5.11 Å². The molecule has 0 spiro atoms. The molecule has 0 saturated carbocycles. The van der Waals surface area contributed by atoms with E-state index in [9.17, 15) is 14.4 Å². The van der Waals surface area contributed by atoms with Gasteiger partial charge in [-0.3, -0.25) is 30.6 Å². The Morgan fingerprint density at radius 3 is 2.09 bits per heavy atom. The van der Waals surface area contributed by atoms with Crippen LogP contribution >= 0.6 is 28.1 Å².